The predicted octanol–water partition coefficient (Wildman–Crippen LogP) is -0.538. The number of carbonyl (C=O) groups is 2. The Labute approximate surface area is 124 Å². The van der Waals surface area contributed by atoms with Gasteiger partial charge in [-0.25, -0.2) is 8.42 Å². The molecule has 7 nitrogen and oxygen atoms in total. The molecule has 2 aliphatic rings. The first-order valence-electron chi connectivity index (χ1n) is 7.27. The van der Waals surface area contributed by atoms with Gasteiger partial charge >= 0.3 is 5.97 Å². The molecule has 3 atom stereocenters. The molecule has 8 heteroatoms. The molecule has 120 valence electrons. The van der Waals surface area contributed by atoms with Gasteiger partial charge in [0, 0.05) is 12.0 Å². The Balaban J connectivity index is 2.16. The number of amides is 1. The van der Waals surface area contributed by atoms with Crippen LogP contribution in [-0.2, 0) is 19.4 Å². The Morgan fingerprint density at radius 2 is 1.95 bits per heavy atom. The summed E-state index contributed by atoms with van der Waals surface area (Å²) in [7, 11) is -3.16. The van der Waals surface area contributed by atoms with E-state index in [4.69, 9.17) is 10.8 Å². The second kappa shape index (κ2) is 6.31. The van der Waals surface area contributed by atoms with Crippen LogP contribution >= 0.6 is 0 Å². The fraction of sp³-hybridized carbons (Fsp3) is 0.846. The first-order chi connectivity index (χ1) is 9.84. The van der Waals surface area contributed by atoms with Gasteiger partial charge in [-0.15, -0.1) is 0 Å². The Hall–Kier alpha value is -1.15. The van der Waals surface area contributed by atoms with Crippen molar-refractivity contribution in [2.75, 3.05) is 24.6 Å². The van der Waals surface area contributed by atoms with E-state index in [2.05, 4.69) is 0 Å². The van der Waals surface area contributed by atoms with E-state index in [0.29, 0.717) is 19.4 Å². The van der Waals surface area contributed by atoms with Crippen molar-refractivity contribution in [3.05, 3.63) is 0 Å². The summed E-state index contributed by atoms with van der Waals surface area (Å²) in [6.45, 7) is -0.0346. The van der Waals surface area contributed by atoms with E-state index in [0.717, 1.165) is 12.8 Å². The molecule has 2 fully saturated rings. The second-order valence-electron chi connectivity index (χ2n) is 5.95. The Morgan fingerprint density at radius 3 is 2.48 bits per heavy atom. The van der Waals surface area contributed by atoms with E-state index in [1.54, 1.807) is 0 Å². The molecule has 0 bridgehead atoms. The molecule has 1 aliphatic heterocycles. The number of carbonyl (C=O) groups excluding carboxylic acids is 1. The standard InChI is InChI=1S/C13H22N2O5S/c14-6-9-2-1-3-11(9)13(18)15(7-12(16)17)10-4-5-21(19,20)8-10/h9-11H,1-8,14H2,(H,16,17). The molecule has 0 spiro atoms. The number of nitrogens with two attached hydrogens (primary N) is 1. The van der Waals surface area contributed by atoms with Crippen LogP contribution in [0.15, 0.2) is 0 Å². The molecule has 0 aromatic rings. The molecular formula is C13H22N2O5S. The Bertz CT molecular complexity index is 519. The molecule has 1 amide bonds. The van der Waals surface area contributed by atoms with Crippen molar-refractivity contribution in [1.82, 2.24) is 4.90 Å². The summed E-state index contributed by atoms with van der Waals surface area (Å²) >= 11 is 0. The maximum absolute atomic E-state index is 12.7. The third-order valence-corrected chi connectivity index (χ3v) is 6.27. The molecule has 21 heavy (non-hydrogen) atoms. The van der Waals surface area contributed by atoms with Gasteiger partial charge in [0.15, 0.2) is 9.84 Å². The third-order valence-electron chi connectivity index (χ3n) is 4.52. The summed E-state index contributed by atoms with van der Waals surface area (Å²) in [5.74, 6) is -1.66. The van der Waals surface area contributed by atoms with E-state index in [1.807, 2.05) is 0 Å². The number of rotatable bonds is 5. The van der Waals surface area contributed by atoms with Crippen molar-refractivity contribution in [2.45, 2.75) is 31.7 Å². The minimum absolute atomic E-state index is 0.0199. The fourth-order valence-electron chi connectivity index (χ4n) is 3.41. The zero-order valence-electron chi connectivity index (χ0n) is 11.9. The van der Waals surface area contributed by atoms with E-state index < -0.39 is 28.4 Å². The number of aliphatic carboxylic acids is 1. The monoisotopic (exact) mass is 318 g/mol. The third kappa shape index (κ3) is 3.74. The summed E-state index contributed by atoms with van der Waals surface area (Å²) < 4.78 is 23.2. The van der Waals surface area contributed by atoms with E-state index in [1.165, 1.54) is 4.90 Å². The largest absolute Gasteiger partial charge is 0.480 e. The van der Waals surface area contributed by atoms with E-state index >= 15 is 0 Å². The van der Waals surface area contributed by atoms with Gasteiger partial charge < -0.3 is 15.7 Å². The van der Waals surface area contributed by atoms with Crippen molar-refractivity contribution in [3.8, 4) is 0 Å². The molecule has 0 radical (unpaired) electrons. The number of carboxylic acids is 1. The SMILES string of the molecule is NCC1CCCC1C(=O)N(CC(=O)O)C1CCS(=O)(=O)C1. The predicted molar refractivity (Wildman–Crippen MR) is 76.3 cm³/mol. The summed E-state index contributed by atoms with van der Waals surface area (Å²) in [6.07, 6.45) is 2.80. The van der Waals surface area contributed by atoms with Gasteiger partial charge in [-0.2, -0.15) is 0 Å². The van der Waals surface area contributed by atoms with E-state index in [-0.39, 0.29) is 29.2 Å². The quantitative estimate of drug-likeness (QED) is 0.703. The van der Waals surface area contributed by atoms with Crippen LogP contribution in [-0.4, -0.2) is 60.9 Å². The van der Waals surface area contributed by atoms with Crippen LogP contribution < -0.4 is 5.73 Å². The smallest absolute Gasteiger partial charge is 0.323 e. The highest BCUT2D eigenvalue weighted by atomic mass is 32.2. The van der Waals surface area contributed by atoms with Crippen LogP contribution in [0.4, 0.5) is 0 Å². The summed E-state index contributed by atoms with van der Waals surface area (Å²) in [5.41, 5.74) is 5.68. The number of hydrogen-bond acceptors (Lipinski definition) is 5. The van der Waals surface area contributed by atoms with Gasteiger partial charge in [-0.3, -0.25) is 9.59 Å². The van der Waals surface area contributed by atoms with E-state index in [9.17, 15) is 18.0 Å². The first-order valence-corrected chi connectivity index (χ1v) is 9.09. The van der Waals surface area contributed by atoms with Crippen LogP contribution in [0.5, 0.6) is 0 Å². The lowest BCUT2D eigenvalue weighted by Crippen LogP contribution is -2.48. The van der Waals surface area contributed by atoms with Crippen molar-refractivity contribution in [2.24, 2.45) is 17.6 Å². The van der Waals surface area contributed by atoms with Gasteiger partial charge in [0.2, 0.25) is 5.91 Å². The lowest BCUT2D eigenvalue weighted by molar-refractivity contribution is -0.148. The second-order valence-corrected chi connectivity index (χ2v) is 8.18. The van der Waals surface area contributed by atoms with Gasteiger partial charge in [-0.05, 0) is 31.7 Å². The van der Waals surface area contributed by atoms with Gasteiger partial charge in [0.05, 0.1) is 11.5 Å². The lowest BCUT2D eigenvalue weighted by atomic mass is 9.94. The number of sulfone groups is 1. The average Bonchev–Trinajstić information content (AvgIpc) is 3.00. The highest BCUT2D eigenvalue weighted by Crippen LogP contribution is 2.33. The Kier molecular flexibility index (Phi) is 4.88. The highest BCUT2D eigenvalue weighted by molar-refractivity contribution is 7.91. The van der Waals surface area contributed by atoms with Crippen molar-refractivity contribution in [1.29, 1.82) is 0 Å². The molecule has 0 aromatic heterocycles. The molecule has 0 aromatic carbocycles. The van der Waals surface area contributed by atoms with Gasteiger partial charge in [0.25, 0.3) is 0 Å². The number of hydrogen-bond donors (Lipinski definition) is 2. The minimum Gasteiger partial charge on any atom is -0.480 e. The average molecular weight is 318 g/mol. The molecular weight excluding hydrogens is 296 g/mol. The Morgan fingerprint density at radius 1 is 1.24 bits per heavy atom. The highest BCUT2D eigenvalue weighted by Gasteiger charge is 2.41. The zero-order chi connectivity index (χ0) is 15.6. The van der Waals surface area contributed by atoms with Crippen molar-refractivity contribution < 1.29 is 23.1 Å². The normalized spacial score (nSPS) is 31.2. The van der Waals surface area contributed by atoms with Crippen molar-refractivity contribution in [3.63, 3.8) is 0 Å². The zero-order valence-corrected chi connectivity index (χ0v) is 12.7. The lowest BCUT2D eigenvalue weighted by Gasteiger charge is -2.31. The van der Waals surface area contributed by atoms with Crippen LogP contribution in [0.25, 0.3) is 0 Å². The minimum atomic E-state index is -3.16. The van der Waals surface area contributed by atoms with Gasteiger partial charge in [-0.1, -0.05) is 6.42 Å². The summed E-state index contributed by atoms with van der Waals surface area (Å²) in [6, 6.07) is -0.516. The first kappa shape index (κ1) is 16.2. The maximum atomic E-state index is 12.7. The molecule has 2 rings (SSSR count). The number of carboxylic acid groups (broad SMARTS) is 1. The topological polar surface area (TPSA) is 118 Å². The summed E-state index contributed by atoms with van der Waals surface area (Å²) in [5, 5.41) is 9.02. The molecule has 1 aliphatic carbocycles. The maximum Gasteiger partial charge on any atom is 0.323 e. The number of nitrogens with zero attached hydrogens (tertiary/aromatic N) is 1. The van der Waals surface area contributed by atoms with Crippen LogP contribution in [0, 0.1) is 11.8 Å². The molecule has 3 unspecified atom stereocenters. The van der Waals surface area contributed by atoms with Gasteiger partial charge in [0.1, 0.15) is 6.54 Å². The molecule has 1 saturated heterocycles. The molecule has 1 heterocycles. The van der Waals surface area contributed by atoms with Crippen molar-refractivity contribution >= 4 is 21.7 Å². The fourth-order valence-corrected chi connectivity index (χ4v) is 5.14. The van der Waals surface area contributed by atoms with Crippen LogP contribution in [0.3, 0.4) is 0 Å². The summed E-state index contributed by atoms with van der Waals surface area (Å²) in [4.78, 5) is 24.9. The molecule has 1 saturated carbocycles. The van der Waals surface area contributed by atoms with Crippen LogP contribution in [0.1, 0.15) is 25.7 Å². The van der Waals surface area contributed by atoms with Crippen LogP contribution in [0.2, 0.25) is 0 Å². The molecule has 3 N–H and O–H groups in total.